The van der Waals surface area contributed by atoms with E-state index in [1.165, 1.54) is 12.8 Å². The standard InChI is InChI=1S/C12H15Cl2N/c1-9-4-6-15(7-5-9)12-8-10(13)2-3-11(12)14/h2-3,8-9H,4-7H2,1H3. The van der Waals surface area contributed by atoms with E-state index in [0.29, 0.717) is 0 Å². The quantitative estimate of drug-likeness (QED) is 0.714. The molecule has 1 aromatic carbocycles. The number of nitrogens with zero attached hydrogens (tertiary/aromatic N) is 1. The Labute approximate surface area is 101 Å². The fraction of sp³-hybridized carbons (Fsp3) is 0.500. The van der Waals surface area contributed by atoms with Crippen LogP contribution in [0.15, 0.2) is 18.2 Å². The summed E-state index contributed by atoms with van der Waals surface area (Å²) < 4.78 is 0. The maximum absolute atomic E-state index is 6.17. The van der Waals surface area contributed by atoms with Crippen molar-refractivity contribution in [3.05, 3.63) is 28.2 Å². The van der Waals surface area contributed by atoms with Gasteiger partial charge < -0.3 is 4.90 Å². The van der Waals surface area contributed by atoms with E-state index in [2.05, 4.69) is 11.8 Å². The molecule has 1 aliphatic heterocycles. The molecule has 1 fully saturated rings. The largest absolute Gasteiger partial charge is 0.370 e. The summed E-state index contributed by atoms with van der Waals surface area (Å²) in [5.74, 6) is 0.833. The molecule has 0 N–H and O–H groups in total. The zero-order chi connectivity index (χ0) is 10.8. The molecule has 82 valence electrons. The van der Waals surface area contributed by atoms with Gasteiger partial charge in [-0.1, -0.05) is 30.1 Å². The second kappa shape index (κ2) is 4.63. The van der Waals surface area contributed by atoms with Gasteiger partial charge in [0, 0.05) is 18.1 Å². The van der Waals surface area contributed by atoms with Crippen molar-refractivity contribution in [3.63, 3.8) is 0 Å². The van der Waals surface area contributed by atoms with Gasteiger partial charge in [-0.05, 0) is 37.0 Å². The molecule has 1 nitrogen and oxygen atoms in total. The number of benzene rings is 1. The first kappa shape index (κ1) is 11.1. The zero-order valence-corrected chi connectivity index (χ0v) is 10.4. The lowest BCUT2D eigenvalue weighted by molar-refractivity contribution is 0.438. The summed E-state index contributed by atoms with van der Waals surface area (Å²) in [5, 5.41) is 1.56. The Morgan fingerprint density at radius 1 is 1.20 bits per heavy atom. The summed E-state index contributed by atoms with van der Waals surface area (Å²) in [7, 11) is 0. The van der Waals surface area contributed by atoms with Gasteiger partial charge in [-0.2, -0.15) is 0 Å². The molecule has 0 aromatic heterocycles. The van der Waals surface area contributed by atoms with Crippen LogP contribution in [0.1, 0.15) is 19.8 Å². The van der Waals surface area contributed by atoms with Gasteiger partial charge >= 0.3 is 0 Å². The Morgan fingerprint density at radius 2 is 1.87 bits per heavy atom. The molecule has 0 saturated carbocycles. The zero-order valence-electron chi connectivity index (χ0n) is 8.84. The molecule has 0 bridgehead atoms. The Morgan fingerprint density at radius 3 is 2.53 bits per heavy atom. The number of halogens is 2. The minimum absolute atomic E-state index is 0.757. The molecule has 1 heterocycles. The second-order valence-electron chi connectivity index (χ2n) is 4.27. The molecule has 0 amide bonds. The summed E-state index contributed by atoms with van der Waals surface area (Å²) in [5.41, 5.74) is 1.08. The number of piperidine rings is 1. The molecule has 2 rings (SSSR count). The highest BCUT2D eigenvalue weighted by atomic mass is 35.5. The second-order valence-corrected chi connectivity index (χ2v) is 5.11. The van der Waals surface area contributed by atoms with Crippen molar-refractivity contribution < 1.29 is 0 Å². The van der Waals surface area contributed by atoms with E-state index in [4.69, 9.17) is 23.2 Å². The molecule has 0 atom stereocenters. The van der Waals surface area contributed by atoms with Gasteiger partial charge in [0.25, 0.3) is 0 Å². The van der Waals surface area contributed by atoms with E-state index in [1.807, 2.05) is 18.2 Å². The summed E-state index contributed by atoms with van der Waals surface area (Å²) in [6.45, 7) is 4.47. The molecule has 0 spiro atoms. The van der Waals surface area contributed by atoms with Gasteiger partial charge in [0.2, 0.25) is 0 Å². The van der Waals surface area contributed by atoms with Crippen LogP contribution in [-0.2, 0) is 0 Å². The average Bonchev–Trinajstić information content (AvgIpc) is 2.23. The lowest BCUT2D eigenvalue weighted by Gasteiger charge is -2.32. The Bertz CT molecular complexity index is 343. The van der Waals surface area contributed by atoms with Gasteiger partial charge in [0.1, 0.15) is 0 Å². The topological polar surface area (TPSA) is 3.24 Å². The molecular weight excluding hydrogens is 229 g/mol. The van der Waals surface area contributed by atoms with Crippen molar-refractivity contribution in [2.45, 2.75) is 19.8 Å². The fourth-order valence-corrected chi connectivity index (χ4v) is 2.38. The Hall–Kier alpha value is -0.400. The third-order valence-corrected chi connectivity index (χ3v) is 3.59. The first-order valence-electron chi connectivity index (χ1n) is 5.37. The number of anilines is 1. The van der Waals surface area contributed by atoms with Gasteiger partial charge in [0.15, 0.2) is 0 Å². The lowest BCUT2D eigenvalue weighted by Crippen LogP contribution is -2.32. The van der Waals surface area contributed by atoms with Crippen LogP contribution in [0.3, 0.4) is 0 Å². The highest BCUT2D eigenvalue weighted by molar-refractivity contribution is 6.35. The van der Waals surface area contributed by atoms with Crippen LogP contribution in [0.4, 0.5) is 5.69 Å². The Balaban J connectivity index is 2.18. The van der Waals surface area contributed by atoms with Crippen molar-refractivity contribution in [2.75, 3.05) is 18.0 Å². The summed E-state index contributed by atoms with van der Waals surface area (Å²) in [4.78, 5) is 2.33. The van der Waals surface area contributed by atoms with Gasteiger partial charge in [-0.25, -0.2) is 0 Å². The van der Waals surface area contributed by atoms with Crippen LogP contribution in [-0.4, -0.2) is 13.1 Å². The number of hydrogen-bond acceptors (Lipinski definition) is 1. The summed E-state index contributed by atoms with van der Waals surface area (Å²) >= 11 is 12.1. The normalized spacial score (nSPS) is 18.2. The number of hydrogen-bond donors (Lipinski definition) is 0. The number of rotatable bonds is 1. The van der Waals surface area contributed by atoms with Crippen LogP contribution in [0.2, 0.25) is 10.0 Å². The third-order valence-electron chi connectivity index (χ3n) is 3.03. The van der Waals surface area contributed by atoms with Gasteiger partial charge in [-0.15, -0.1) is 0 Å². The predicted octanol–water partition coefficient (Wildman–Crippen LogP) is 4.23. The first-order valence-corrected chi connectivity index (χ1v) is 6.12. The van der Waals surface area contributed by atoms with Crippen molar-refractivity contribution in [2.24, 2.45) is 5.92 Å². The van der Waals surface area contributed by atoms with Crippen molar-refractivity contribution in [3.8, 4) is 0 Å². The van der Waals surface area contributed by atoms with Gasteiger partial charge in [-0.3, -0.25) is 0 Å². The van der Waals surface area contributed by atoms with Crippen molar-refractivity contribution >= 4 is 28.9 Å². The smallest absolute Gasteiger partial charge is 0.0640 e. The first-order chi connectivity index (χ1) is 7.16. The van der Waals surface area contributed by atoms with E-state index >= 15 is 0 Å². The monoisotopic (exact) mass is 243 g/mol. The molecule has 15 heavy (non-hydrogen) atoms. The molecule has 1 aromatic rings. The molecule has 0 aliphatic carbocycles. The van der Waals surface area contributed by atoms with Gasteiger partial charge in [0.05, 0.1) is 10.7 Å². The SMILES string of the molecule is CC1CCN(c2cc(Cl)ccc2Cl)CC1. The van der Waals surface area contributed by atoms with Crippen molar-refractivity contribution in [1.29, 1.82) is 0 Å². The Kier molecular flexibility index (Phi) is 3.42. The minimum Gasteiger partial charge on any atom is -0.370 e. The average molecular weight is 244 g/mol. The lowest BCUT2D eigenvalue weighted by atomic mass is 9.99. The summed E-state index contributed by atoms with van der Waals surface area (Å²) in [6.07, 6.45) is 2.48. The van der Waals surface area contributed by atoms with Crippen molar-refractivity contribution in [1.82, 2.24) is 0 Å². The molecule has 1 aliphatic rings. The maximum atomic E-state index is 6.17. The highest BCUT2D eigenvalue weighted by Gasteiger charge is 2.17. The van der Waals surface area contributed by atoms with Crippen LogP contribution in [0, 0.1) is 5.92 Å². The molecular formula is C12H15Cl2N. The van der Waals surface area contributed by atoms with E-state index < -0.39 is 0 Å². The summed E-state index contributed by atoms with van der Waals surface area (Å²) in [6, 6.07) is 5.66. The molecule has 0 radical (unpaired) electrons. The van der Waals surface area contributed by atoms with E-state index in [-0.39, 0.29) is 0 Å². The van der Waals surface area contributed by atoms with Crippen LogP contribution in [0.5, 0.6) is 0 Å². The van der Waals surface area contributed by atoms with E-state index in [0.717, 1.165) is 34.7 Å². The predicted molar refractivity (Wildman–Crippen MR) is 67.1 cm³/mol. The molecule has 1 saturated heterocycles. The molecule has 0 unspecified atom stereocenters. The van der Waals surface area contributed by atoms with Crippen LogP contribution >= 0.6 is 23.2 Å². The van der Waals surface area contributed by atoms with Crippen LogP contribution in [0.25, 0.3) is 0 Å². The third kappa shape index (κ3) is 2.59. The van der Waals surface area contributed by atoms with E-state index in [9.17, 15) is 0 Å². The fourth-order valence-electron chi connectivity index (χ4n) is 1.98. The van der Waals surface area contributed by atoms with E-state index in [1.54, 1.807) is 0 Å². The van der Waals surface area contributed by atoms with Crippen LogP contribution < -0.4 is 4.90 Å². The highest BCUT2D eigenvalue weighted by Crippen LogP contribution is 2.31. The minimum atomic E-state index is 0.757. The molecule has 3 heteroatoms. The maximum Gasteiger partial charge on any atom is 0.0640 e.